The predicted molar refractivity (Wildman–Crippen MR) is 62.5 cm³/mol. The normalized spacial score (nSPS) is 10.6. The lowest BCUT2D eigenvalue weighted by Crippen LogP contribution is -2.03. The van der Waals surface area contributed by atoms with E-state index in [-0.39, 0.29) is 21.4 Å². The minimum Gasteiger partial charge on any atom is -0.506 e. The zero-order valence-corrected chi connectivity index (χ0v) is 9.52. The van der Waals surface area contributed by atoms with Crippen LogP contribution in [0.3, 0.4) is 0 Å². The van der Waals surface area contributed by atoms with Crippen molar-refractivity contribution in [2.45, 2.75) is 0 Å². The van der Waals surface area contributed by atoms with Crippen LogP contribution in [0.15, 0.2) is 22.7 Å². The van der Waals surface area contributed by atoms with Gasteiger partial charge in [0.25, 0.3) is 0 Å². The number of nitrogens with two attached hydrogens (primary N) is 1. The Hall–Kier alpha value is -1.82. The van der Waals surface area contributed by atoms with Crippen molar-refractivity contribution in [1.29, 1.82) is 0 Å². The Balaban J connectivity index is 2.94. The maximum atomic E-state index is 10.9. The first-order valence-electron chi connectivity index (χ1n) is 4.32. The summed E-state index contributed by atoms with van der Waals surface area (Å²) in [6, 6.07) is 4.87. The molecule has 0 radical (unpaired) electrons. The van der Waals surface area contributed by atoms with Gasteiger partial charge in [0.2, 0.25) is 0 Å². The van der Waals surface area contributed by atoms with Gasteiger partial charge in [0.05, 0.1) is 15.7 Å². The minimum absolute atomic E-state index is 0.0538. The smallest absolute Gasteiger partial charge is 0.355 e. The fourth-order valence-electron chi connectivity index (χ4n) is 1.41. The van der Waals surface area contributed by atoms with E-state index in [2.05, 4.69) is 20.9 Å². The number of fused-ring (bicyclic) bond motifs is 1. The van der Waals surface area contributed by atoms with Crippen LogP contribution in [-0.4, -0.2) is 21.2 Å². The average molecular weight is 283 g/mol. The molecular weight excluding hydrogens is 276 g/mol. The second kappa shape index (κ2) is 3.64. The van der Waals surface area contributed by atoms with E-state index in [1.165, 1.54) is 0 Å². The predicted octanol–water partition coefficient (Wildman–Crippen LogP) is 1.98. The highest BCUT2D eigenvalue weighted by atomic mass is 79.9. The van der Waals surface area contributed by atoms with Crippen molar-refractivity contribution in [2.24, 2.45) is 0 Å². The molecule has 0 spiro atoms. The number of carboxylic acid groups (broad SMARTS) is 1. The van der Waals surface area contributed by atoms with Gasteiger partial charge in [0.15, 0.2) is 5.69 Å². The topological polar surface area (TPSA) is 96.4 Å². The van der Waals surface area contributed by atoms with Gasteiger partial charge in [-0.15, -0.1) is 0 Å². The fourth-order valence-corrected chi connectivity index (χ4v) is 1.88. The molecule has 6 heteroatoms. The molecule has 5 nitrogen and oxygen atoms in total. The SMILES string of the molecule is Nc1cccc2c(O)c(Br)c(C(=O)O)nc12. The highest BCUT2D eigenvalue weighted by molar-refractivity contribution is 9.10. The van der Waals surface area contributed by atoms with Crippen LogP contribution in [0.5, 0.6) is 5.75 Å². The third kappa shape index (κ3) is 1.47. The van der Waals surface area contributed by atoms with Gasteiger partial charge in [0.1, 0.15) is 5.75 Å². The molecule has 0 aliphatic rings. The highest BCUT2D eigenvalue weighted by Gasteiger charge is 2.18. The van der Waals surface area contributed by atoms with Crippen LogP contribution < -0.4 is 5.73 Å². The molecule has 2 aromatic rings. The molecule has 0 aliphatic heterocycles. The first-order chi connectivity index (χ1) is 7.52. The summed E-state index contributed by atoms with van der Waals surface area (Å²) in [6.07, 6.45) is 0. The Labute approximate surface area is 98.7 Å². The van der Waals surface area contributed by atoms with Crippen molar-refractivity contribution in [3.8, 4) is 5.75 Å². The van der Waals surface area contributed by atoms with E-state index in [1.807, 2.05) is 0 Å². The van der Waals surface area contributed by atoms with E-state index >= 15 is 0 Å². The number of nitrogens with zero attached hydrogens (tertiary/aromatic N) is 1. The Bertz CT molecular complexity index is 598. The number of benzene rings is 1. The Morgan fingerprint density at radius 2 is 2.12 bits per heavy atom. The van der Waals surface area contributed by atoms with Gasteiger partial charge in [-0.25, -0.2) is 9.78 Å². The number of halogens is 1. The number of aromatic carboxylic acids is 1. The largest absolute Gasteiger partial charge is 0.506 e. The summed E-state index contributed by atoms with van der Waals surface area (Å²) in [5.41, 5.74) is 6.00. The summed E-state index contributed by atoms with van der Waals surface area (Å²) in [7, 11) is 0. The number of rotatable bonds is 1. The third-order valence-electron chi connectivity index (χ3n) is 2.16. The van der Waals surface area contributed by atoms with E-state index in [9.17, 15) is 9.90 Å². The first kappa shape index (κ1) is 10.7. The molecule has 0 aliphatic carbocycles. The molecule has 0 unspecified atom stereocenters. The van der Waals surface area contributed by atoms with E-state index < -0.39 is 5.97 Å². The zero-order chi connectivity index (χ0) is 11.9. The second-order valence-corrected chi connectivity index (χ2v) is 3.96. The van der Waals surface area contributed by atoms with Gasteiger partial charge < -0.3 is 15.9 Å². The molecule has 0 saturated heterocycles. The molecule has 0 atom stereocenters. The molecule has 16 heavy (non-hydrogen) atoms. The number of aromatic nitrogens is 1. The maximum Gasteiger partial charge on any atom is 0.355 e. The number of nitrogen functional groups attached to an aromatic ring is 1. The van der Waals surface area contributed by atoms with Crippen molar-refractivity contribution < 1.29 is 15.0 Å². The van der Waals surface area contributed by atoms with Crippen LogP contribution in [0.1, 0.15) is 10.5 Å². The number of hydrogen-bond acceptors (Lipinski definition) is 4. The lowest BCUT2D eigenvalue weighted by atomic mass is 10.1. The van der Waals surface area contributed by atoms with Crippen LogP contribution in [0, 0.1) is 0 Å². The van der Waals surface area contributed by atoms with Crippen molar-refractivity contribution in [3.63, 3.8) is 0 Å². The van der Waals surface area contributed by atoms with Gasteiger partial charge in [0, 0.05) is 5.39 Å². The third-order valence-corrected chi connectivity index (χ3v) is 2.92. The molecule has 82 valence electrons. The number of carboxylic acids is 1. The van der Waals surface area contributed by atoms with Crippen molar-refractivity contribution in [2.75, 3.05) is 5.73 Å². The first-order valence-corrected chi connectivity index (χ1v) is 5.11. The molecule has 1 aromatic heterocycles. The van der Waals surface area contributed by atoms with Crippen molar-refractivity contribution >= 4 is 38.5 Å². The van der Waals surface area contributed by atoms with Crippen LogP contribution >= 0.6 is 15.9 Å². The number of anilines is 1. The fraction of sp³-hybridized carbons (Fsp3) is 0. The Kier molecular flexibility index (Phi) is 2.43. The molecule has 0 bridgehead atoms. The van der Waals surface area contributed by atoms with Crippen LogP contribution in [0.4, 0.5) is 5.69 Å². The molecule has 1 aromatic carbocycles. The molecule has 2 rings (SSSR count). The lowest BCUT2D eigenvalue weighted by molar-refractivity contribution is 0.0689. The summed E-state index contributed by atoms with van der Waals surface area (Å²) in [5, 5.41) is 19.1. The number of pyridine rings is 1. The van der Waals surface area contributed by atoms with E-state index in [0.29, 0.717) is 11.1 Å². The highest BCUT2D eigenvalue weighted by Crippen LogP contribution is 2.35. The minimum atomic E-state index is -1.23. The van der Waals surface area contributed by atoms with Crippen LogP contribution in [-0.2, 0) is 0 Å². The summed E-state index contributed by atoms with van der Waals surface area (Å²) in [5.74, 6) is -1.40. The summed E-state index contributed by atoms with van der Waals surface area (Å²) in [6.45, 7) is 0. The Morgan fingerprint density at radius 1 is 1.44 bits per heavy atom. The zero-order valence-electron chi connectivity index (χ0n) is 7.94. The molecule has 1 heterocycles. The van der Waals surface area contributed by atoms with E-state index in [4.69, 9.17) is 10.8 Å². The summed E-state index contributed by atoms with van der Waals surface area (Å²) >= 11 is 2.99. The molecule has 0 fully saturated rings. The monoisotopic (exact) mass is 282 g/mol. The number of para-hydroxylation sites is 1. The molecule has 0 saturated carbocycles. The van der Waals surface area contributed by atoms with Gasteiger partial charge >= 0.3 is 5.97 Å². The summed E-state index contributed by atoms with van der Waals surface area (Å²) in [4.78, 5) is 14.8. The molecule has 0 amide bonds. The van der Waals surface area contributed by atoms with Gasteiger partial charge in [-0.3, -0.25) is 0 Å². The maximum absolute atomic E-state index is 10.9. The second-order valence-electron chi connectivity index (χ2n) is 3.17. The van der Waals surface area contributed by atoms with Gasteiger partial charge in [-0.1, -0.05) is 6.07 Å². The quantitative estimate of drug-likeness (QED) is 0.695. The van der Waals surface area contributed by atoms with E-state index in [0.717, 1.165) is 0 Å². The standard InChI is InChI=1S/C10H7BrN2O3/c11-6-8(10(15)16)13-7-4(9(6)14)2-1-3-5(7)12/h1-3H,12H2,(H,13,14)(H,15,16). The van der Waals surface area contributed by atoms with Gasteiger partial charge in [-0.05, 0) is 28.1 Å². The van der Waals surface area contributed by atoms with Crippen LogP contribution in [0.2, 0.25) is 0 Å². The molecule has 4 N–H and O–H groups in total. The van der Waals surface area contributed by atoms with Crippen molar-refractivity contribution in [1.82, 2.24) is 4.98 Å². The van der Waals surface area contributed by atoms with E-state index in [1.54, 1.807) is 18.2 Å². The molecular formula is C10H7BrN2O3. The van der Waals surface area contributed by atoms with Crippen LogP contribution in [0.25, 0.3) is 10.9 Å². The average Bonchev–Trinajstić information content (AvgIpc) is 2.23. The number of aromatic hydroxyl groups is 1. The number of hydrogen-bond donors (Lipinski definition) is 3. The summed E-state index contributed by atoms with van der Waals surface area (Å²) < 4.78 is 0.0538. The van der Waals surface area contributed by atoms with Crippen molar-refractivity contribution in [3.05, 3.63) is 28.4 Å². The lowest BCUT2D eigenvalue weighted by Gasteiger charge is -2.07. The number of carbonyl (C=O) groups is 1. The Morgan fingerprint density at radius 3 is 2.75 bits per heavy atom. The van der Waals surface area contributed by atoms with Gasteiger partial charge in [-0.2, -0.15) is 0 Å².